The minimum Gasteiger partial charge on any atom is -0.317 e. The first-order chi connectivity index (χ1) is 9.78. The maximum Gasteiger partial charge on any atom is 0.141 e. The van der Waals surface area contributed by atoms with Gasteiger partial charge in [0.2, 0.25) is 0 Å². The average Bonchev–Trinajstić information content (AvgIpc) is 2.99. The summed E-state index contributed by atoms with van der Waals surface area (Å²) in [6.07, 6.45) is 6.14. The van der Waals surface area contributed by atoms with Gasteiger partial charge in [0.25, 0.3) is 0 Å². The second-order valence-corrected chi connectivity index (χ2v) is 7.32. The molecule has 2 unspecified atom stereocenters. The summed E-state index contributed by atoms with van der Waals surface area (Å²) in [5.41, 5.74) is 4.01. The molecule has 1 aliphatic heterocycles. The molecule has 2 aliphatic rings. The highest BCUT2D eigenvalue weighted by atomic mass is 32.2. The molecule has 1 aromatic heterocycles. The van der Waals surface area contributed by atoms with E-state index in [1.165, 1.54) is 42.0 Å². The van der Waals surface area contributed by atoms with Gasteiger partial charge in [0, 0.05) is 11.4 Å². The summed E-state index contributed by atoms with van der Waals surface area (Å²) in [7, 11) is 0. The lowest BCUT2D eigenvalue weighted by atomic mass is 9.85. The summed E-state index contributed by atoms with van der Waals surface area (Å²) < 4.78 is 0. The summed E-state index contributed by atoms with van der Waals surface area (Å²) in [4.78, 5) is 9.75. The molecular formula is C16H25N3S. The molecule has 3 rings (SSSR count). The molecule has 4 heteroatoms. The van der Waals surface area contributed by atoms with Gasteiger partial charge in [-0.05, 0) is 69.4 Å². The Kier molecular flexibility index (Phi) is 4.61. The highest BCUT2D eigenvalue weighted by molar-refractivity contribution is 7.99. The molecule has 1 aromatic rings. The standard InChI is InChI=1S/C16H25N3S/c1-3-17-10-12-6-7-14-13(9-12)11(2)18-16(19-14)15-5-4-8-20-15/h12,15,17H,3-10H2,1-2H3. The second kappa shape index (κ2) is 6.44. The summed E-state index contributed by atoms with van der Waals surface area (Å²) in [6, 6.07) is 0. The topological polar surface area (TPSA) is 37.8 Å². The number of rotatable bonds is 4. The minimum atomic E-state index is 0.554. The first kappa shape index (κ1) is 14.3. The van der Waals surface area contributed by atoms with Crippen LogP contribution in [-0.4, -0.2) is 28.8 Å². The van der Waals surface area contributed by atoms with Crippen molar-refractivity contribution in [3.05, 3.63) is 22.8 Å². The molecular weight excluding hydrogens is 266 g/mol. The summed E-state index contributed by atoms with van der Waals surface area (Å²) in [6.45, 7) is 6.56. The highest BCUT2D eigenvalue weighted by Crippen LogP contribution is 2.39. The second-order valence-electron chi connectivity index (χ2n) is 6.01. The third kappa shape index (κ3) is 3.01. The van der Waals surface area contributed by atoms with Gasteiger partial charge in [-0.25, -0.2) is 9.97 Å². The molecule has 0 bridgehead atoms. The molecule has 2 atom stereocenters. The van der Waals surface area contributed by atoms with Crippen LogP contribution in [0.15, 0.2) is 0 Å². The van der Waals surface area contributed by atoms with Crippen molar-refractivity contribution < 1.29 is 0 Å². The van der Waals surface area contributed by atoms with E-state index in [-0.39, 0.29) is 0 Å². The molecule has 1 fully saturated rings. The number of nitrogens with one attached hydrogen (secondary N) is 1. The fourth-order valence-corrected chi connectivity index (χ4v) is 4.54. The number of hydrogen-bond donors (Lipinski definition) is 1. The average molecular weight is 291 g/mol. The normalized spacial score (nSPS) is 25.7. The molecule has 0 saturated carbocycles. The molecule has 0 spiro atoms. The van der Waals surface area contributed by atoms with Crippen LogP contribution in [0.25, 0.3) is 0 Å². The van der Waals surface area contributed by atoms with Gasteiger partial charge in [-0.3, -0.25) is 0 Å². The fourth-order valence-electron chi connectivity index (χ4n) is 3.33. The largest absolute Gasteiger partial charge is 0.317 e. The first-order valence-electron chi connectivity index (χ1n) is 7.96. The van der Waals surface area contributed by atoms with Crippen LogP contribution < -0.4 is 5.32 Å². The van der Waals surface area contributed by atoms with Crippen molar-refractivity contribution in [3.8, 4) is 0 Å². The van der Waals surface area contributed by atoms with Crippen LogP contribution in [0.5, 0.6) is 0 Å². The lowest BCUT2D eigenvalue weighted by Crippen LogP contribution is -2.28. The Labute approximate surface area is 126 Å². The SMILES string of the molecule is CCNCC1CCc2nc(C3CCCS3)nc(C)c2C1. The van der Waals surface area contributed by atoms with Crippen molar-refractivity contribution in [2.75, 3.05) is 18.8 Å². The smallest absolute Gasteiger partial charge is 0.141 e. The highest BCUT2D eigenvalue weighted by Gasteiger charge is 2.26. The number of nitrogens with zero attached hydrogens (tertiary/aromatic N) is 2. The molecule has 1 N–H and O–H groups in total. The Morgan fingerprint density at radius 3 is 2.95 bits per heavy atom. The predicted octanol–water partition coefficient (Wildman–Crippen LogP) is 3.07. The molecule has 1 aliphatic carbocycles. The van der Waals surface area contributed by atoms with Crippen molar-refractivity contribution >= 4 is 11.8 Å². The zero-order chi connectivity index (χ0) is 13.9. The lowest BCUT2D eigenvalue weighted by Gasteiger charge is -2.26. The first-order valence-corrected chi connectivity index (χ1v) is 9.01. The van der Waals surface area contributed by atoms with Gasteiger partial charge in [0.15, 0.2) is 0 Å². The molecule has 0 radical (unpaired) electrons. The zero-order valence-corrected chi connectivity index (χ0v) is 13.4. The molecule has 20 heavy (non-hydrogen) atoms. The van der Waals surface area contributed by atoms with E-state index in [1.807, 2.05) is 11.8 Å². The number of aryl methyl sites for hydroxylation is 2. The Balaban J connectivity index is 1.78. The Bertz CT molecular complexity index is 469. The maximum absolute atomic E-state index is 4.92. The van der Waals surface area contributed by atoms with Gasteiger partial charge < -0.3 is 5.32 Å². The van der Waals surface area contributed by atoms with Gasteiger partial charge in [-0.15, -0.1) is 0 Å². The van der Waals surface area contributed by atoms with Crippen molar-refractivity contribution in [2.45, 2.75) is 51.2 Å². The van der Waals surface area contributed by atoms with E-state index in [0.29, 0.717) is 5.25 Å². The van der Waals surface area contributed by atoms with Crippen LogP contribution >= 0.6 is 11.8 Å². The lowest BCUT2D eigenvalue weighted by molar-refractivity contribution is 0.422. The van der Waals surface area contributed by atoms with Crippen molar-refractivity contribution in [1.82, 2.24) is 15.3 Å². The van der Waals surface area contributed by atoms with E-state index in [4.69, 9.17) is 9.97 Å². The quantitative estimate of drug-likeness (QED) is 0.925. The molecule has 3 nitrogen and oxygen atoms in total. The Hall–Kier alpha value is -0.610. The van der Waals surface area contributed by atoms with E-state index < -0.39 is 0 Å². The van der Waals surface area contributed by atoms with Crippen LogP contribution in [-0.2, 0) is 12.8 Å². The van der Waals surface area contributed by atoms with E-state index in [1.54, 1.807) is 0 Å². The molecule has 1 saturated heterocycles. The van der Waals surface area contributed by atoms with Crippen molar-refractivity contribution in [1.29, 1.82) is 0 Å². The van der Waals surface area contributed by atoms with Crippen molar-refractivity contribution in [2.24, 2.45) is 5.92 Å². The zero-order valence-electron chi connectivity index (χ0n) is 12.6. The maximum atomic E-state index is 4.92. The minimum absolute atomic E-state index is 0.554. The van der Waals surface area contributed by atoms with Gasteiger partial charge in [-0.2, -0.15) is 11.8 Å². The summed E-state index contributed by atoms with van der Waals surface area (Å²) in [5, 5.41) is 4.03. The van der Waals surface area contributed by atoms with Gasteiger partial charge in [0.1, 0.15) is 5.82 Å². The van der Waals surface area contributed by atoms with E-state index in [0.717, 1.165) is 37.7 Å². The molecule has 0 aromatic carbocycles. The fraction of sp³-hybridized carbons (Fsp3) is 0.750. The number of thioether (sulfide) groups is 1. The van der Waals surface area contributed by atoms with Crippen LogP contribution in [0.1, 0.15) is 54.2 Å². The third-order valence-corrected chi connectivity index (χ3v) is 5.87. The van der Waals surface area contributed by atoms with Crippen molar-refractivity contribution in [3.63, 3.8) is 0 Å². The van der Waals surface area contributed by atoms with Gasteiger partial charge >= 0.3 is 0 Å². The van der Waals surface area contributed by atoms with Crippen LogP contribution in [0.3, 0.4) is 0 Å². The molecule has 0 amide bonds. The Morgan fingerprint density at radius 1 is 1.30 bits per heavy atom. The molecule has 110 valence electrons. The van der Waals surface area contributed by atoms with Crippen LogP contribution in [0, 0.1) is 12.8 Å². The summed E-state index contributed by atoms with van der Waals surface area (Å²) >= 11 is 2.03. The number of fused-ring (bicyclic) bond motifs is 1. The monoisotopic (exact) mass is 291 g/mol. The van der Waals surface area contributed by atoms with Crippen LogP contribution in [0.2, 0.25) is 0 Å². The van der Waals surface area contributed by atoms with Crippen LogP contribution in [0.4, 0.5) is 0 Å². The Morgan fingerprint density at radius 2 is 2.20 bits per heavy atom. The van der Waals surface area contributed by atoms with Gasteiger partial charge in [-0.1, -0.05) is 6.92 Å². The summed E-state index contributed by atoms with van der Waals surface area (Å²) in [5.74, 6) is 3.14. The predicted molar refractivity (Wildman–Crippen MR) is 85.3 cm³/mol. The van der Waals surface area contributed by atoms with E-state index in [9.17, 15) is 0 Å². The van der Waals surface area contributed by atoms with E-state index >= 15 is 0 Å². The number of aromatic nitrogens is 2. The van der Waals surface area contributed by atoms with Gasteiger partial charge in [0.05, 0.1) is 5.25 Å². The third-order valence-electron chi connectivity index (χ3n) is 4.50. The van der Waals surface area contributed by atoms with E-state index in [2.05, 4.69) is 19.2 Å². The molecule has 2 heterocycles. The number of hydrogen-bond acceptors (Lipinski definition) is 4.